The molecule has 0 heterocycles. The third-order valence-corrected chi connectivity index (χ3v) is 1.18. The van der Waals surface area contributed by atoms with Crippen molar-refractivity contribution >= 4 is 11.7 Å². The first kappa shape index (κ1) is 10.2. The van der Waals surface area contributed by atoms with Gasteiger partial charge in [-0.3, -0.25) is 0 Å². The van der Waals surface area contributed by atoms with Gasteiger partial charge in [0.1, 0.15) is 0 Å². The molecule has 62 valence electrons. The molecule has 4 heteroatoms. The number of carbonyl (C=O) groups is 1. The van der Waals surface area contributed by atoms with Crippen molar-refractivity contribution in [1.82, 2.24) is 0 Å². The van der Waals surface area contributed by atoms with Crippen LogP contribution in [0.3, 0.4) is 0 Å². The molecule has 0 aliphatic carbocycles. The standard InChI is InChI=1S/C7H7NO2.Ag/c8-6-4-2-1-3-5(6)7(9)10;/h1-4H,8H2,(H,9,10);/q;+1/p-1. The SMILES string of the molecule is Nc1ccccc1C(=O)[O-].[Ag+]. The average molecular weight is 244 g/mol. The van der Waals surface area contributed by atoms with Crippen LogP contribution in [-0.4, -0.2) is 5.97 Å². The minimum Gasteiger partial charge on any atom is -0.545 e. The van der Waals surface area contributed by atoms with E-state index in [-0.39, 0.29) is 33.6 Å². The molecule has 0 radical (unpaired) electrons. The second kappa shape index (κ2) is 4.18. The van der Waals surface area contributed by atoms with Crippen molar-refractivity contribution in [2.75, 3.05) is 5.73 Å². The van der Waals surface area contributed by atoms with Crippen LogP contribution in [0, 0.1) is 0 Å². The van der Waals surface area contributed by atoms with Crippen molar-refractivity contribution in [3.05, 3.63) is 29.8 Å². The molecule has 0 unspecified atom stereocenters. The minimum absolute atomic E-state index is 0. The van der Waals surface area contributed by atoms with Crippen LogP contribution in [0.15, 0.2) is 24.3 Å². The molecule has 0 aromatic heterocycles. The van der Waals surface area contributed by atoms with Crippen molar-refractivity contribution in [1.29, 1.82) is 0 Å². The molecule has 0 amide bonds. The van der Waals surface area contributed by atoms with E-state index in [1.54, 1.807) is 12.1 Å². The van der Waals surface area contributed by atoms with E-state index < -0.39 is 5.97 Å². The van der Waals surface area contributed by atoms with E-state index in [1.165, 1.54) is 12.1 Å². The Morgan fingerprint density at radius 2 is 1.91 bits per heavy atom. The summed E-state index contributed by atoms with van der Waals surface area (Å²) in [7, 11) is 0. The van der Waals surface area contributed by atoms with Gasteiger partial charge in [0.15, 0.2) is 0 Å². The molecule has 0 aliphatic rings. The summed E-state index contributed by atoms with van der Waals surface area (Å²) in [6.45, 7) is 0. The summed E-state index contributed by atoms with van der Waals surface area (Å²) < 4.78 is 0. The fourth-order valence-electron chi connectivity index (χ4n) is 0.683. The van der Waals surface area contributed by atoms with Gasteiger partial charge in [-0.2, -0.15) is 0 Å². The Bertz CT molecular complexity index is 262. The first-order valence-electron chi connectivity index (χ1n) is 2.77. The Kier molecular flexibility index (Phi) is 3.89. The van der Waals surface area contributed by atoms with Crippen LogP contribution in [-0.2, 0) is 22.4 Å². The Morgan fingerprint density at radius 1 is 1.36 bits per heavy atom. The Labute approximate surface area is 79.7 Å². The molecular formula is C7H6AgNO2. The zero-order valence-corrected chi connectivity index (χ0v) is 6.99. The number of aromatic carboxylic acids is 1. The van der Waals surface area contributed by atoms with E-state index >= 15 is 0 Å². The van der Waals surface area contributed by atoms with Gasteiger partial charge in [-0.1, -0.05) is 18.2 Å². The number of carbonyl (C=O) groups excluding carboxylic acids is 1. The van der Waals surface area contributed by atoms with Crippen LogP contribution in [0.4, 0.5) is 5.69 Å². The molecule has 0 fully saturated rings. The van der Waals surface area contributed by atoms with Crippen LogP contribution < -0.4 is 10.8 Å². The zero-order valence-electron chi connectivity index (χ0n) is 5.50. The normalized spacial score (nSPS) is 8.36. The summed E-state index contributed by atoms with van der Waals surface area (Å²) in [6.07, 6.45) is 0. The number of benzene rings is 1. The Hall–Kier alpha value is -0.770. The van der Waals surface area contributed by atoms with Gasteiger partial charge in [0.25, 0.3) is 0 Å². The zero-order chi connectivity index (χ0) is 7.56. The Morgan fingerprint density at radius 3 is 2.27 bits per heavy atom. The van der Waals surface area contributed by atoms with Gasteiger partial charge in [0.05, 0.1) is 5.97 Å². The fraction of sp³-hybridized carbons (Fsp3) is 0. The van der Waals surface area contributed by atoms with Crippen molar-refractivity contribution in [3.8, 4) is 0 Å². The van der Waals surface area contributed by atoms with Crippen molar-refractivity contribution in [2.24, 2.45) is 0 Å². The van der Waals surface area contributed by atoms with Crippen LogP contribution in [0.5, 0.6) is 0 Å². The van der Waals surface area contributed by atoms with E-state index in [2.05, 4.69) is 0 Å². The monoisotopic (exact) mass is 243 g/mol. The number of carboxylic acid groups (broad SMARTS) is 1. The Balaban J connectivity index is 0.000001000. The van der Waals surface area contributed by atoms with Gasteiger partial charge < -0.3 is 15.6 Å². The molecule has 1 aromatic rings. The summed E-state index contributed by atoms with van der Waals surface area (Å²) >= 11 is 0. The predicted octanol–water partition coefficient (Wildman–Crippen LogP) is -0.370. The number of nitrogens with two attached hydrogens (primary N) is 1. The summed E-state index contributed by atoms with van der Waals surface area (Å²) in [6, 6.07) is 6.19. The van der Waals surface area contributed by atoms with E-state index in [0.717, 1.165) is 0 Å². The molecule has 2 N–H and O–H groups in total. The molecule has 0 saturated carbocycles. The van der Waals surface area contributed by atoms with E-state index in [4.69, 9.17) is 5.73 Å². The van der Waals surface area contributed by atoms with Gasteiger partial charge in [0.2, 0.25) is 0 Å². The van der Waals surface area contributed by atoms with Crippen LogP contribution in [0.1, 0.15) is 10.4 Å². The molecule has 0 aliphatic heterocycles. The number of rotatable bonds is 1. The van der Waals surface area contributed by atoms with Crippen molar-refractivity contribution in [2.45, 2.75) is 0 Å². The topological polar surface area (TPSA) is 66.2 Å². The molecule has 0 spiro atoms. The summed E-state index contributed by atoms with van der Waals surface area (Å²) in [4.78, 5) is 10.2. The van der Waals surface area contributed by atoms with Gasteiger partial charge >= 0.3 is 22.4 Å². The number of nitrogen functional groups attached to an aromatic ring is 1. The van der Waals surface area contributed by atoms with Gasteiger partial charge in [0, 0.05) is 11.3 Å². The van der Waals surface area contributed by atoms with Gasteiger partial charge in [-0.15, -0.1) is 0 Å². The summed E-state index contributed by atoms with van der Waals surface area (Å²) in [5.74, 6) is -1.24. The number of anilines is 1. The predicted molar refractivity (Wildman–Crippen MR) is 35.2 cm³/mol. The second-order valence-electron chi connectivity index (χ2n) is 1.87. The van der Waals surface area contributed by atoms with Crippen molar-refractivity contribution in [3.63, 3.8) is 0 Å². The molecule has 3 nitrogen and oxygen atoms in total. The van der Waals surface area contributed by atoms with E-state index in [9.17, 15) is 9.90 Å². The number of hydrogen-bond donors (Lipinski definition) is 1. The summed E-state index contributed by atoms with van der Waals surface area (Å²) in [5.41, 5.74) is 5.58. The maximum atomic E-state index is 10.2. The quantitative estimate of drug-likeness (QED) is 0.541. The fourth-order valence-corrected chi connectivity index (χ4v) is 0.683. The maximum Gasteiger partial charge on any atom is 1.00 e. The smallest absolute Gasteiger partial charge is 0.545 e. The number of carboxylic acids is 1. The van der Waals surface area contributed by atoms with Crippen LogP contribution in [0.25, 0.3) is 0 Å². The summed E-state index contributed by atoms with van der Waals surface area (Å²) in [5, 5.41) is 10.2. The molecule has 11 heavy (non-hydrogen) atoms. The minimum atomic E-state index is -1.24. The number of para-hydroxylation sites is 1. The van der Waals surface area contributed by atoms with E-state index in [1.807, 2.05) is 0 Å². The molecule has 0 saturated heterocycles. The second-order valence-corrected chi connectivity index (χ2v) is 1.87. The van der Waals surface area contributed by atoms with Gasteiger partial charge in [-0.05, 0) is 6.07 Å². The number of hydrogen-bond acceptors (Lipinski definition) is 3. The molecule has 1 rings (SSSR count). The maximum absolute atomic E-state index is 10.2. The molecule has 1 aromatic carbocycles. The van der Waals surface area contributed by atoms with Gasteiger partial charge in [-0.25, -0.2) is 0 Å². The third kappa shape index (κ3) is 2.38. The first-order chi connectivity index (χ1) is 4.72. The van der Waals surface area contributed by atoms with Crippen LogP contribution in [0.2, 0.25) is 0 Å². The van der Waals surface area contributed by atoms with Crippen LogP contribution >= 0.6 is 0 Å². The molecule has 0 bridgehead atoms. The van der Waals surface area contributed by atoms with E-state index in [0.29, 0.717) is 0 Å². The first-order valence-corrected chi connectivity index (χ1v) is 2.77. The third-order valence-electron chi connectivity index (χ3n) is 1.18. The molecule has 0 atom stereocenters. The largest absolute Gasteiger partial charge is 1.00 e. The molecular weight excluding hydrogens is 238 g/mol. The average Bonchev–Trinajstić information content (AvgIpc) is 1.88. The van der Waals surface area contributed by atoms with Crippen molar-refractivity contribution < 1.29 is 32.3 Å².